The van der Waals surface area contributed by atoms with Gasteiger partial charge in [-0.05, 0) is 36.5 Å². The Hall–Kier alpha value is -1.47. The summed E-state index contributed by atoms with van der Waals surface area (Å²) in [5.41, 5.74) is 5.11. The largest absolute Gasteiger partial charge is 0.370 e. The van der Waals surface area contributed by atoms with Gasteiger partial charge >= 0.3 is 0 Å². The number of nitrogens with zero attached hydrogens (tertiary/aromatic N) is 2. The van der Waals surface area contributed by atoms with Crippen LogP contribution in [0.4, 0.5) is 0 Å². The van der Waals surface area contributed by atoms with Gasteiger partial charge in [0, 0.05) is 13.0 Å². The summed E-state index contributed by atoms with van der Waals surface area (Å²) in [6.45, 7) is 0.746. The maximum Gasteiger partial charge on any atom is 0.217 e. The van der Waals surface area contributed by atoms with Crippen LogP contribution in [0.3, 0.4) is 0 Å². The predicted molar refractivity (Wildman–Crippen MR) is 73.8 cm³/mol. The third kappa shape index (κ3) is 3.05. The van der Waals surface area contributed by atoms with E-state index >= 15 is 0 Å². The minimum absolute atomic E-state index is 0.260. The SMILES string of the molecule is NC(=O)CCCCn1c(-c2cccs2)n[nH]c1=S. The first-order valence-corrected chi connectivity index (χ1v) is 6.94. The molecule has 96 valence electrons. The number of rotatable bonds is 6. The quantitative estimate of drug-likeness (QED) is 0.630. The van der Waals surface area contributed by atoms with E-state index in [1.165, 1.54) is 0 Å². The van der Waals surface area contributed by atoms with Crippen LogP contribution in [0.25, 0.3) is 10.7 Å². The van der Waals surface area contributed by atoms with Crippen LogP contribution in [0.5, 0.6) is 0 Å². The van der Waals surface area contributed by atoms with Gasteiger partial charge in [0.2, 0.25) is 5.91 Å². The molecule has 5 nitrogen and oxygen atoms in total. The summed E-state index contributed by atoms with van der Waals surface area (Å²) in [4.78, 5) is 11.7. The lowest BCUT2D eigenvalue weighted by atomic mass is 10.2. The van der Waals surface area contributed by atoms with Crippen molar-refractivity contribution in [3.63, 3.8) is 0 Å². The molecule has 0 atom stereocenters. The van der Waals surface area contributed by atoms with Crippen molar-refractivity contribution in [2.24, 2.45) is 5.73 Å². The Bertz CT molecular complexity index is 570. The number of hydrogen-bond acceptors (Lipinski definition) is 4. The van der Waals surface area contributed by atoms with Gasteiger partial charge in [-0.2, -0.15) is 5.10 Å². The molecular weight excluding hydrogens is 268 g/mol. The van der Waals surface area contributed by atoms with E-state index < -0.39 is 0 Å². The maximum atomic E-state index is 10.7. The first-order chi connectivity index (χ1) is 8.68. The summed E-state index contributed by atoms with van der Waals surface area (Å²) in [6, 6.07) is 3.99. The smallest absolute Gasteiger partial charge is 0.217 e. The highest BCUT2D eigenvalue weighted by Crippen LogP contribution is 2.23. The van der Waals surface area contributed by atoms with Crippen molar-refractivity contribution in [3.8, 4) is 10.7 Å². The average molecular weight is 282 g/mol. The topological polar surface area (TPSA) is 76.7 Å². The third-order valence-electron chi connectivity index (χ3n) is 2.55. The molecule has 0 unspecified atom stereocenters. The molecule has 0 saturated heterocycles. The van der Waals surface area contributed by atoms with Crippen LogP contribution in [0.15, 0.2) is 17.5 Å². The van der Waals surface area contributed by atoms with Crippen molar-refractivity contribution in [2.75, 3.05) is 0 Å². The number of aromatic amines is 1. The Labute approximate surface area is 114 Å². The molecule has 2 aromatic rings. The van der Waals surface area contributed by atoms with Gasteiger partial charge in [-0.25, -0.2) is 0 Å². The first-order valence-electron chi connectivity index (χ1n) is 5.66. The summed E-state index contributed by atoms with van der Waals surface area (Å²) >= 11 is 6.83. The standard InChI is InChI=1S/C11H14N4OS2/c12-9(16)5-1-2-6-15-10(13-14-11(15)17)8-4-3-7-18-8/h3-4,7H,1-2,5-6H2,(H2,12,16)(H,14,17). The van der Waals surface area contributed by atoms with Crippen molar-refractivity contribution >= 4 is 29.5 Å². The highest BCUT2D eigenvalue weighted by Gasteiger charge is 2.09. The molecule has 1 amide bonds. The van der Waals surface area contributed by atoms with Crippen LogP contribution in [-0.4, -0.2) is 20.7 Å². The van der Waals surface area contributed by atoms with Crippen molar-refractivity contribution in [1.82, 2.24) is 14.8 Å². The van der Waals surface area contributed by atoms with Gasteiger partial charge in [-0.15, -0.1) is 11.3 Å². The second kappa shape index (κ2) is 5.92. The van der Waals surface area contributed by atoms with Crippen LogP contribution in [0.2, 0.25) is 0 Å². The van der Waals surface area contributed by atoms with Gasteiger partial charge in [0.25, 0.3) is 0 Å². The minimum Gasteiger partial charge on any atom is -0.370 e. The van der Waals surface area contributed by atoms with Crippen LogP contribution in [0, 0.1) is 4.77 Å². The molecule has 7 heteroatoms. The number of carbonyl (C=O) groups is 1. The average Bonchev–Trinajstić information content (AvgIpc) is 2.94. The minimum atomic E-state index is -0.260. The Balaban J connectivity index is 2.06. The normalized spacial score (nSPS) is 10.7. The molecule has 2 aromatic heterocycles. The van der Waals surface area contributed by atoms with Crippen molar-refractivity contribution in [2.45, 2.75) is 25.8 Å². The van der Waals surface area contributed by atoms with E-state index in [9.17, 15) is 4.79 Å². The van der Waals surface area contributed by atoms with Crippen LogP contribution in [0.1, 0.15) is 19.3 Å². The third-order valence-corrected chi connectivity index (χ3v) is 3.73. The second-order valence-corrected chi connectivity index (χ2v) is 5.24. The highest BCUT2D eigenvalue weighted by molar-refractivity contribution is 7.71. The van der Waals surface area contributed by atoms with Crippen molar-refractivity contribution in [1.29, 1.82) is 0 Å². The number of carbonyl (C=O) groups excluding carboxylic acids is 1. The molecule has 3 N–H and O–H groups in total. The lowest BCUT2D eigenvalue weighted by Gasteiger charge is -2.04. The number of thiophene rings is 1. The molecule has 2 heterocycles. The van der Waals surface area contributed by atoms with Gasteiger partial charge in [0.15, 0.2) is 10.6 Å². The fraction of sp³-hybridized carbons (Fsp3) is 0.364. The van der Waals surface area contributed by atoms with Gasteiger partial charge in [0.1, 0.15) is 0 Å². The molecule has 0 fully saturated rings. The molecule has 0 bridgehead atoms. The Morgan fingerprint density at radius 2 is 2.39 bits per heavy atom. The van der Waals surface area contributed by atoms with Crippen molar-refractivity contribution < 1.29 is 4.79 Å². The number of primary amides is 1. The molecule has 0 saturated carbocycles. The van der Waals surface area contributed by atoms with Gasteiger partial charge in [-0.3, -0.25) is 14.5 Å². The molecule has 0 aliphatic carbocycles. The molecule has 0 radical (unpaired) electrons. The van der Waals surface area contributed by atoms with Crippen molar-refractivity contribution in [3.05, 3.63) is 22.3 Å². The Kier molecular flexibility index (Phi) is 4.27. The summed E-state index contributed by atoms with van der Waals surface area (Å²) in [5.74, 6) is 0.596. The zero-order chi connectivity index (χ0) is 13.0. The molecule has 0 aliphatic rings. The monoisotopic (exact) mass is 282 g/mol. The Morgan fingerprint density at radius 3 is 3.06 bits per heavy atom. The van der Waals surface area contributed by atoms with E-state index in [-0.39, 0.29) is 5.91 Å². The molecule has 18 heavy (non-hydrogen) atoms. The predicted octanol–water partition coefficient (Wildman–Crippen LogP) is 2.32. The van der Waals surface area contributed by atoms with Crippen LogP contribution >= 0.6 is 23.6 Å². The molecule has 2 rings (SSSR count). The first kappa shape index (κ1) is 13.0. The van der Waals surface area contributed by atoms with E-state index in [0.717, 1.165) is 30.1 Å². The van der Waals surface area contributed by atoms with Gasteiger partial charge in [-0.1, -0.05) is 6.07 Å². The van der Waals surface area contributed by atoms with E-state index in [1.807, 2.05) is 22.1 Å². The number of H-pyrrole nitrogens is 1. The number of unbranched alkanes of at least 4 members (excludes halogenated alkanes) is 1. The van der Waals surface area contributed by atoms with E-state index in [0.29, 0.717) is 11.2 Å². The molecular formula is C11H14N4OS2. The summed E-state index contributed by atoms with van der Waals surface area (Å²) in [6.07, 6.45) is 2.04. The summed E-state index contributed by atoms with van der Waals surface area (Å²) in [7, 11) is 0. The molecule has 0 aromatic carbocycles. The van der Waals surface area contributed by atoms with E-state index in [2.05, 4.69) is 10.2 Å². The fourth-order valence-electron chi connectivity index (χ4n) is 1.69. The van der Waals surface area contributed by atoms with Crippen LogP contribution in [-0.2, 0) is 11.3 Å². The number of hydrogen-bond donors (Lipinski definition) is 2. The Morgan fingerprint density at radius 1 is 1.56 bits per heavy atom. The lowest BCUT2D eigenvalue weighted by molar-refractivity contribution is -0.118. The number of aromatic nitrogens is 3. The van der Waals surface area contributed by atoms with Crippen LogP contribution < -0.4 is 5.73 Å². The second-order valence-electron chi connectivity index (χ2n) is 3.90. The van der Waals surface area contributed by atoms with E-state index in [1.54, 1.807) is 11.3 Å². The number of nitrogens with two attached hydrogens (primary N) is 1. The number of amides is 1. The number of nitrogens with one attached hydrogen (secondary N) is 1. The lowest BCUT2D eigenvalue weighted by Crippen LogP contribution is -2.10. The molecule has 0 spiro atoms. The van der Waals surface area contributed by atoms with Gasteiger partial charge < -0.3 is 5.73 Å². The zero-order valence-corrected chi connectivity index (χ0v) is 11.4. The maximum absolute atomic E-state index is 10.7. The molecule has 0 aliphatic heterocycles. The highest BCUT2D eigenvalue weighted by atomic mass is 32.1. The summed E-state index contributed by atoms with van der Waals surface area (Å²) < 4.78 is 2.57. The van der Waals surface area contributed by atoms with E-state index in [4.69, 9.17) is 18.0 Å². The summed E-state index contributed by atoms with van der Waals surface area (Å²) in [5, 5.41) is 9.05. The zero-order valence-electron chi connectivity index (χ0n) is 9.76. The fourth-order valence-corrected chi connectivity index (χ4v) is 2.63. The van der Waals surface area contributed by atoms with Gasteiger partial charge in [0.05, 0.1) is 4.88 Å².